The Hall–Kier alpha value is -3.52. The maximum absolute atomic E-state index is 13.0. The normalized spacial score (nSPS) is 12.0. The van der Waals surface area contributed by atoms with Gasteiger partial charge in [0.15, 0.2) is 6.10 Å². The average molecular weight is 441 g/mol. The summed E-state index contributed by atoms with van der Waals surface area (Å²) in [5, 5.41) is 2.71. The monoisotopic (exact) mass is 440 g/mol. The minimum Gasteiger partial charge on any atom is -0.495 e. The van der Waals surface area contributed by atoms with E-state index in [1.165, 1.54) is 13.2 Å². The molecule has 3 rings (SSSR count). The maximum atomic E-state index is 13.0. The molecule has 3 aromatic carbocycles. The fourth-order valence-corrected chi connectivity index (χ4v) is 4.24. The molecule has 0 saturated heterocycles. The molecular weight excluding hydrogens is 416 g/mol. The first-order valence-electron chi connectivity index (χ1n) is 9.59. The number of aryl methyl sites for hydroxylation is 1. The van der Waals surface area contributed by atoms with Crippen molar-refractivity contribution in [2.45, 2.75) is 24.8 Å². The largest absolute Gasteiger partial charge is 0.495 e. The number of methoxy groups -OCH3 is 1. The third kappa shape index (κ3) is 5.55. The topological polar surface area (TPSA) is 93.7 Å². The highest BCUT2D eigenvalue weighted by molar-refractivity contribution is 7.92. The molecule has 0 radical (unpaired) electrons. The van der Waals surface area contributed by atoms with Crippen molar-refractivity contribution in [2.24, 2.45) is 0 Å². The van der Waals surface area contributed by atoms with Gasteiger partial charge < -0.3 is 14.8 Å². The summed E-state index contributed by atoms with van der Waals surface area (Å²) >= 11 is 0. The molecular formula is C23H24N2O5S. The van der Waals surface area contributed by atoms with Crippen LogP contribution in [0.2, 0.25) is 0 Å². The van der Waals surface area contributed by atoms with Gasteiger partial charge in [-0.25, -0.2) is 8.42 Å². The molecule has 0 saturated carbocycles. The van der Waals surface area contributed by atoms with Crippen molar-refractivity contribution in [3.63, 3.8) is 0 Å². The van der Waals surface area contributed by atoms with Gasteiger partial charge in [-0.3, -0.25) is 9.52 Å². The summed E-state index contributed by atoms with van der Waals surface area (Å²) in [6.07, 6.45) is -0.768. The van der Waals surface area contributed by atoms with Crippen LogP contribution in [0, 0.1) is 6.92 Å². The van der Waals surface area contributed by atoms with Crippen LogP contribution in [-0.2, 0) is 14.8 Å². The standard InChI is InChI=1S/C23H24N2O5S/c1-16-13-14-18(24-23(26)17(2)30-19-9-5-4-6-10-19)15-22(16)31(27,28)25-20-11-7-8-12-21(20)29-3/h4-15,17,25H,1-3H3,(H,24,26). The summed E-state index contributed by atoms with van der Waals surface area (Å²) < 4.78 is 39.4. The number of carbonyl (C=O) groups is 1. The predicted octanol–water partition coefficient (Wildman–Crippen LogP) is 4.21. The third-order valence-corrected chi connectivity index (χ3v) is 6.03. The lowest BCUT2D eigenvalue weighted by Gasteiger charge is -2.16. The Morgan fingerprint density at radius 2 is 1.65 bits per heavy atom. The van der Waals surface area contributed by atoms with Crippen LogP contribution in [0.1, 0.15) is 12.5 Å². The number of hydrogen-bond acceptors (Lipinski definition) is 5. The van der Waals surface area contributed by atoms with Gasteiger partial charge in [0.25, 0.3) is 15.9 Å². The number of amides is 1. The zero-order valence-corrected chi connectivity index (χ0v) is 18.3. The molecule has 1 unspecified atom stereocenters. The van der Waals surface area contributed by atoms with Gasteiger partial charge in [-0.05, 0) is 55.8 Å². The summed E-state index contributed by atoms with van der Waals surface area (Å²) in [4.78, 5) is 12.6. The van der Waals surface area contributed by atoms with Crippen molar-refractivity contribution < 1.29 is 22.7 Å². The molecule has 162 valence electrons. The summed E-state index contributed by atoms with van der Waals surface area (Å²) in [5.74, 6) is 0.576. The van der Waals surface area contributed by atoms with Crippen LogP contribution in [0.15, 0.2) is 77.7 Å². The predicted molar refractivity (Wildman–Crippen MR) is 120 cm³/mol. The van der Waals surface area contributed by atoms with E-state index in [1.807, 2.05) is 18.2 Å². The highest BCUT2D eigenvalue weighted by Gasteiger charge is 2.21. The number of anilines is 2. The van der Waals surface area contributed by atoms with Gasteiger partial charge in [-0.1, -0.05) is 36.4 Å². The van der Waals surface area contributed by atoms with Gasteiger partial charge >= 0.3 is 0 Å². The average Bonchev–Trinajstić information content (AvgIpc) is 2.75. The number of carbonyl (C=O) groups excluding carboxylic acids is 1. The van der Waals surface area contributed by atoms with Gasteiger partial charge in [-0.15, -0.1) is 0 Å². The summed E-state index contributed by atoms with van der Waals surface area (Å²) in [7, 11) is -2.45. The zero-order chi connectivity index (χ0) is 22.4. The Balaban J connectivity index is 1.78. The second-order valence-electron chi connectivity index (χ2n) is 6.85. The lowest BCUT2D eigenvalue weighted by atomic mass is 10.2. The second-order valence-corrected chi connectivity index (χ2v) is 8.50. The third-order valence-electron chi connectivity index (χ3n) is 4.52. The number of benzene rings is 3. The van der Waals surface area contributed by atoms with Gasteiger partial charge in [0.2, 0.25) is 0 Å². The first-order chi connectivity index (χ1) is 14.8. The van der Waals surface area contributed by atoms with Crippen molar-refractivity contribution in [3.05, 3.63) is 78.4 Å². The molecule has 1 amide bonds. The van der Waals surface area contributed by atoms with Crippen molar-refractivity contribution in [1.29, 1.82) is 0 Å². The first kappa shape index (κ1) is 22.2. The molecule has 0 spiro atoms. The van der Waals surface area contributed by atoms with E-state index in [0.29, 0.717) is 28.4 Å². The van der Waals surface area contributed by atoms with E-state index in [4.69, 9.17) is 9.47 Å². The van der Waals surface area contributed by atoms with Crippen molar-refractivity contribution in [2.75, 3.05) is 17.1 Å². The fourth-order valence-electron chi connectivity index (χ4n) is 2.90. The minimum absolute atomic E-state index is 0.0489. The van der Waals surface area contributed by atoms with Crippen LogP contribution in [0.25, 0.3) is 0 Å². The van der Waals surface area contributed by atoms with Gasteiger partial charge in [0.1, 0.15) is 11.5 Å². The fraction of sp³-hybridized carbons (Fsp3) is 0.174. The van der Waals surface area contributed by atoms with E-state index >= 15 is 0 Å². The number of ether oxygens (including phenoxy) is 2. The summed E-state index contributed by atoms with van der Waals surface area (Å²) in [6.45, 7) is 3.31. The van der Waals surface area contributed by atoms with Crippen LogP contribution >= 0.6 is 0 Å². The highest BCUT2D eigenvalue weighted by Crippen LogP contribution is 2.28. The first-order valence-corrected chi connectivity index (χ1v) is 11.1. The lowest BCUT2D eigenvalue weighted by Crippen LogP contribution is -2.30. The number of sulfonamides is 1. The SMILES string of the molecule is COc1ccccc1NS(=O)(=O)c1cc(NC(=O)C(C)Oc2ccccc2)ccc1C. The quantitative estimate of drug-likeness (QED) is 0.547. The molecule has 7 nitrogen and oxygen atoms in total. The molecule has 0 aliphatic rings. The van der Waals surface area contributed by atoms with Gasteiger partial charge in [0.05, 0.1) is 17.7 Å². The Morgan fingerprint density at radius 3 is 2.35 bits per heavy atom. The van der Waals surface area contributed by atoms with Gasteiger partial charge in [-0.2, -0.15) is 0 Å². The lowest BCUT2D eigenvalue weighted by molar-refractivity contribution is -0.122. The number of rotatable bonds is 8. The number of hydrogen-bond donors (Lipinski definition) is 2. The van der Waals surface area contributed by atoms with E-state index < -0.39 is 22.0 Å². The Bertz CT molecular complexity index is 1160. The minimum atomic E-state index is -3.92. The number of para-hydroxylation sites is 3. The molecule has 2 N–H and O–H groups in total. The van der Waals surface area contributed by atoms with E-state index in [2.05, 4.69) is 10.0 Å². The molecule has 0 fully saturated rings. The Morgan fingerprint density at radius 1 is 0.968 bits per heavy atom. The number of nitrogens with one attached hydrogen (secondary N) is 2. The van der Waals surface area contributed by atoms with E-state index in [1.54, 1.807) is 62.4 Å². The van der Waals surface area contributed by atoms with Crippen LogP contribution in [0.5, 0.6) is 11.5 Å². The molecule has 3 aromatic rings. The van der Waals surface area contributed by atoms with Crippen LogP contribution in [0.4, 0.5) is 11.4 Å². The molecule has 1 atom stereocenters. The molecule has 31 heavy (non-hydrogen) atoms. The molecule has 0 aromatic heterocycles. The van der Waals surface area contributed by atoms with Crippen molar-refractivity contribution in [1.82, 2.24) is 0 Å². The molecule has 0 aliphatic heterocycles. The maximum Gasteiger partial charge on any atom is 0.265 e. The second kappa shape index (κ2) is 9.53. The van der Waals surface area contributed by atoms with E-state index in [9.17, 15) is 13.2 Å². The highest BCUT2D eigenvalue weighted by atomic mass is 32.2. The molecule has 0 heterocycles. The van der Waals surface area contributed by atoms with Crippen molar-refractivity contribution >= 4 is 27.3 Å². The summed E-state index contributed by atoms with van der Waals surface area (Å²) in [5.41, 5.74) is 1.21. The molecule has 0 bridgehead atoms. The van der Waals surface area contributed by atoms with E-state index in [-0.39, 0.29) is 4.90 Å². The van der Waals surface area contributed by atoms with Crippen molar-refractivity contribution in [3.8, 4) is 11.5 Å². The van der Waals surface area contributed by atoms with E-state index in [0.717, 1.165) is 0 Å². The van der Waals surface area contributed by atoms with Crippen LogP contribution in [-0.4, -0.2) is 27.5 Å². The molecule has 0 aliphatic carbocycles. The van der Waals surface area contributed by atoms with Gasteiger partial charge in [0, 0.05) is 5.69 Å². The van der Waals surface area contributed by atoms with Crippen LogP contribution < -0.4 is 19.5 Å². The molecule has 8 heteroatoms. The zero-order valence-electron chi connectivity index (χ0n) is 17.5. The van der Waals surface area contributed by atoms with Crippen LogP contribution in [0.3, 0.4) is 0 Å². The smallest absolute Gasteiger partial charge is 0.265 e. The Kier molecular flexibility index (Phi) is 6.81. The summed E-state index contributed by atoms with van der Waals surface area (Å²) in [6, 6.07) is 20.4. The Labute approximate surface area is 182 Å².